The molecule has 13 heteroatoms. The third kappa shape index (κ3) is 9.07. The number of aromatic nitrogens is 1. The van der Waals surface area contributed by atoms with Crippen LogP contribution in [0.1, 0.15) is 38.7 Å². The number of para-hydroxylation sites is 1. The van der Waals surface area contributed by atoms with E-state index in [4.69, 9.17) is 17.2 Å². The SMILES string of the molecule is CCC(C)C(N)C(=O)NCC(=O)NC(Cc1c[nH]c2ccccc12)C(=O)NC(CCCN=C(N)N)C(=O)O. The Balaban J connectivity index is 2.14. The van der Waals surface area contributed by atoms with Crippen molar-refractivity contribution >= 4 is 40.6 Å². The van der Waals surface area contributed by atoms with Crippen molar-refractivity contribution in [2.45, 2.75) is 57.7 Å². The van der Waals surface area contributed by atoms with Crippen molar-refractivity contribution in [1.29, 1.82) is 0 Å². The third-order valence-electron chi connectivity index (χ3n) is 6.29. The van der Waals surface area contributed by atoms with Crippen molar-refractivity contribution < 1.29 is 24.3 Å². The van der Waals surface area contributed by atoms with Crippen LogP contribution < -0.4 is 33.2 Å². The molecule has 4 unspecified atom stereocenters. The molecule has 4 atom stereocenters. The minimum Gasteiger partial charge on any atom is -0.480 e. The number of guanidine groups is 1. The molecule has 0 fully saturated rings. The van der Waals surface area contributed by atoms with Gasteiger partial charge in [0, 0.05) is 30.1 Å². The van der Waals surface area contributed by atoms with Crippen LogP contribution in [-0.2, 0) is 25.6 Å². The normalized spacial score (nSPS) is 14.1. The number of hydrogen-bond acceptors (Lipinski definition) is 6. The summed E-state index contributed by atoms with van der Waals surface area (Å²) in [4.78, 5) is 56.9. The lowest BCUT2D eigenvalue weighted by atomic mass is 9.99. The number of aliphatic imine (C=N–C) groups is 1. The van der Waals surface area contributed by atoms with Crippen LogP contribution in [0.15, 0.2) is 35.5 Å². The molecule has 1 aromatic heterocycles. The number of carboxylic acids is 1. The molecule has 38 heavy (non-hydrogen) atoms. The van der Waals surface area contributed by atoms with Gasteiger partial charge < -0.3 is 43.2 Å². The quantitative estimate of drug-likeness (QED) is 0.0832. The molecular weight excluding hydrogens is 492 g/mol. The first-order chi connectivity index (χ1) is 18.0. The number of nitrogens with one attached hydrogen (secondary N) is 4. The zero-order valence-corrected chi connectivity index (χ0v) is 21.7. The van der Waals surface area contributed by atoms with Gasteiger partial charge in [-0.1, -0.05) is 38.5 Å². The second kappa shape index (κ2) is 14.6. The minimum absolute atomic E-state index is 0.0709. The maximum absolute atomic E-state index is 13.2. The maximum Gasteiger partial charge on any atom is 0.326 e. The van der Waals surface area contributed by atoms with Gasteiger partial charge in [-0.25, -0.2) is 4.79 Å². The van der Waals surface area contributed by atoms with E-state index in [0.717, 1.165) is 16.5 Å². The standard InChI is InChI=1S/C25H38N8O5/c1-3-14(2)21(26)23(36)31-13-20(34)32-19(11-15-12-30-17-8-5-4-7-16(15)17)22(35)33-18(24(37)38)9-6-10-29-25(27)28/h4-5,7-8,12,14,18-19,21,30H,3,6,9-11,13,26H2,1-2H3,(H,31,36)(H,32,34)(H,33,35)(H,37,38)(H4,27,28,29). The highest BCUT2D eigenvalue weighted by atomic mass is 16.4. The molecule has 0 spiro atoms. The van der Waals surface area contributed by atoms with Crippen molar-refractivity contribution in [3.63, 3.8) is 0 Å². The van der Waals surface area contributed by atoms with Gasteiger partial charge in [-0.05, 0) is 30.4 Å². The number of nitrogens with zero attached hydrogens (tertiary/aromatic N) is 1. The summed E-state index contributed by atoms with van der Waals surface area (Å²) >= 11 is 0. The molecular formula is C25H38N8O5. The van der Waals surface area contributed by atoms with Gasteiger partial charge in [-0.3, -0.25) is 19.4 Å². The van der Waals surface area contributed by atoms with E-state index in [1.807, 2.05) is 38.1 Å². The fourth-order valence-electron chi connectivity index (χ4n) is 3.81. The number of amides is 3. The summed E-state index contributed by atoms with van der Waals surface area (Å²) in [5, 5.41) is 18.1. The molecule has 0 aliphatic heterocycles. The number of carboxylic acid groups (broad SMARTS) is 1. The Labute approximate surface area is 221 Å². The van der Waals surface area contributed by atoms with Crippen molar-refractivity contribution in [3.05, 3.63) is 36.0 Å². The van der Waals surface area contributed by atoms with E-state index >= 15 is 0 Å². The number of carbonyl (C=O) groups excluding carboxylic acids is 3. The predicted molar refractivity (Wildman–Crippen MR) is 144 cm³/mol. The molecule has 3 amide bonds. The summed E-state index contributed by atoms with van der Waals surface area (Å²) in [6.07, 6.45) is 2.91. The van der Waals surface area contributed by atoms with E-state index < -0.39 is 41.8 Å². The zero-order valence-electron chi connectivity index (χ0n) is 21.7. The van der Waals surface area contributed by atoms with E-state index in [-0.39, 0.29) is 37.8 Å². The highest BCUT2D eigenvalue weighted by Crippen LogP contribution is 2.19. The molecule has 1 aromatic carbocycles. The van der Waals surface area contributed by atoms with Crippen LogP contribution in [0.4, 0.5) is 0 Å². The average molecular weight is 531 g/mol. The van der Waals surface area contributed by atoms with Gasteiger partial charge in [0.25, 0.3) is 0 Å². The number of aliphatic carboxylic acids is 1. The summed E-state index contributed by atoms with van der Waals surface area (Å²) in [7, 11) is 0. The van der Waals surface area contributed by atoms with Crippen LogP contribution in [0, 0.1) is 5.92 Å². The molecule has 2 aromatic rings. The van der Waals surface area contributed by atoms with Crippen molar-refractivity contribution in [2.24, 2.45) is 28.1 Å². The van der Waals surface area contributed by atoms with Crippen molar-refractivity contribution in [3.8, 4) is 0 Å². The van der Waals surface area contributed by atoms with Gasteiger partial charge in [-0.2, -0.15) is 0 Å². The Morgan fingerprint density at radius 3 is 2.45 bits per heavy atom. The molecule has 0 aliphatic carbocycles. The number of carbonyl (C=O) groups is 4. The number of H-pyrrole nitrogens is 1. The van der Waals surface area contributed by atoms with Crippen LogP contribution in [0.5, 0.6) is 0 Å². The largest absolute Gasteiger partial charge is 0.480 e. The summed E-state index contributed by atoms with van der Waals surface area (Å²) < 4.78 is 0. The Morgan fingerprint density at radius 2 is 1.79 bits per heavy atom. The fourth-order valence-corrected chi connectivity index (χ4v) is 3.81. The molecule has 0 saturated carbocycles. The Kier molecular flexibility index (Phi) is 11.5. The fraction of sp³-hybridized carbons (Fsp3) is 0.480. The van der Waals surface area contributed by atoms with Gasteiger partial charge in [0.05, 0.1) is 12.6 Å². The Morgan fingerprint density at radius 1 is 1.08 bits per heavy atom. The Hall–Kier alpha value is -4.13. The summed E-state index contributed by atoms with van der Waals surface area (Å²) in [6, 6.07) is 4.36. The summed E-state index contributed by atoms with van der Waals surface area (Å²) in [5.41, 5.74) is 18.1. The minimum atomic E-state index is -1.23. The van der Waals surface area contributed by atoms with Gasteiger partial charge in [0.2, 0.25) is 17.7 Å². The van der Waals surface area contributed by atoms with Crippen molar-refractivity contribution in [1.82, 2.24) is 20.9 Å². The lowest BCUT2D eigenvalue weighted by Crippen LogP contribution is -2.54. The van der Waals surface area contributed by atoms with Gasteiger partial charge in [0.1, 0.15) is 12.1 Å². The molecule has 0 saturated heterocycles. The van der Waals surface area contributed by atoms with Crippen LogP contribution in [-0.4, -0.2) is 71.0 Å². The van der Waals surface area contributed by atoms with E-state index in [0.29, 0.717) is 12.8 Å². The molecule has 11 N–H and O–H groups in total. The molecule has 1 heterocycles. The molecule has 0 radical (unpaired) electrons. The van der Waals surface area contributed by atoms with Gasteiger partial charge >= 0.3 is 5.97 Å². The number of hydrogen-bond donors (Lipinski definition) is 8. The zero-order chi connectivity index (χ0) is 28.2. The van der Waals surface area contributed by atoms with E-state index in [1.54, 1.807) is 6.20 Å². The lowest BCUT2D eigenvalue weighted by Gasteiger charge is -2.22. The van der Waals surface area contributed by atoms with E-state index in [2.05, 4.69) is 25.9 Å². The second-order valence-corrected chi connectivity index (χ2v) is 9.16. The molecule has 0 bridgehead atoms. The first kappa shape index (κ1) is 30.1. The van der Waals surface area contributed by atoms with Crippen LogP contribution in [0.3, 0.4) is 0 Å². The van der Waals surface area contributed by atoms with Crippen LogP contribution >= 0.6 is 0 Å². The number of aromatic amines is 1. The van der Waals surface area contributed by atoms with Crippen LogP contribution in [0.25, 0.3) is 10.9 Å². The van der Waals surface area contributed by atoms with Gasteiger partial charge in [0.15, 0.2) is 5.96 Å². The summed E-state index contributed by atoms with van der Waals surface area (Å²) in [5.74, 6) is -3.18. The second-order valence-electron chi connectivity index (χ2n) is 9.16. The molecule has 208 valence electrons. The van der Waals surface area contributed by atoms with Gasteiger partial charge in [-0.15, -0.1) is 0 Å². The number of rotatable bonds is 15. The highest BCUT2D eigenvalue weighted by molar-refractivity contribution is 5.93. The lowest BCUT2D eigenvalue weighted by molar-refractivity contribution is -0.142. The maximum atomic E-state index is 13.2. The first-order valence-corrected chi connectivity index (χ1v) is 12.5. The monoisotopic (exact) mass is 530 g/mol. The third-order valence-corrected chi connectivity index (χ3v) is 6.29. The molecule has 0 aliphatic rings. The molecule has 13 nitrogen and oxygen atoms in total. The number of fused-ring (bicyclic) bond motifs is 1. The predicted octanol–water partition coefficient (Wildman–Crippen LogP) is -0.692. The smallest absolute Gasteiger partial charge is 0.326 e. The van der Waals surface area contributed by atoms with Crippen molar-refractivity contribution in [2.75, 3.05) is 13.1 Å². The highest BCUT2D eigenvalue weighted by Gasteiger charge is 2.28. The Bertz CT molecular complexity index is 1140. The summed E-state index contributed by atoms with van der Waals surface area (Å²) in [6.45, 7) is 3.56. The number of benzene rings is 1. The molecule has 2 rings (SSSR count). The average Bonchev–Trinajstić information content (AvgIpc) is 3.29. The first-order valence-electron chi connectivity index (χ1n) is 12.5. The number of nitrogens with two attached hydrogens (primary N) is 3. The van der Waals surface area contributed by atoms with E-state index in [9.17, 15) is 24.3 Å². The van der Waals surface area contributed by atoms with Crippen LogP contribution in [0.2, 0.25) is 0 Å². The van der Waals surface area contributed by atoms with E-state index in [1.165, 1.54) is 0 Å². The topological polar surface area (TPSA) is 231 Å².